The molecule has 0 rings (SSSR count). The van der Waals surface area contributed by atoms with Crippen molar-refractivity contribution in [1.29, 1.82) is 0 Å². The molecule has 19 heavy (non-hydrogen) atoms. The lowest BCUT2D eigenvalue weighted by Crippen LogP contribution is -2.37. The number of nitrogens with two attached hydrogens (primary N) is 1. The van der Waals surface area contributed by atoms with Crippen molar-refractivity contribution in [2.45, 2.75) is 0 Å². The van der Waals surface area contributed by atoms with Gasteiger partial charge in [0.2, 0.25) is 5.91 Å². The molecule has 2 amide bonds. The summed E-state index contributed by atoms with van der Waals surface area (Å²) in [7, 11) is 0. The Bertz CT molecular complexity index is 251. The molecule has 9 heteroatoms. The molecule has 0 aromatic rings. The van der Waals surface area contributed by atoms with E-state index in [0.717, 1.165) is 0 Å². The quantitative estimate of drug-likeness (QED) is 0.248. The van der Waals surface area contributed by atoms with Crippen molar-refractivity contribution in [3.63, 3.8) is 0 Å². The van der Waals surface area contributed by atoms with Gasteiger partial charge >= 0.3 is 6.09 Å². The zero-order valence-electron chi connectivity index (χ0n) is 10.7. The van der Waals surface area contributed by atoms with E-state index in [9.17, 15) is 9.59 Å². The van der Waals surface area contributed by atoms with Crippen LogP contribution in [-0.2, 0) is 19.0 Å². The average molecular weight is 279 g/mol. The number of hydrogen-bond donors (Lipinski definition) is 4. The molecule has 0 bridgehead atoms. The summed E-state index contributed by atoms with van der Waals surface area (Å²) in [6.45, 7) is 2.35. The lowest BCUT2D eigenvalue weighted by Gasteiger charge is -2.07. The van der Waals surface area contributed by atoms with Crippen molar-refractivity contribution in [2.75, 3.05) is 52.9 Å². The van der Waals surface area contributed by atoms with Crippen LogP contribution in [-0.4, -0.2) is 70.0 Å². The Morgan fingerprint density at radius 1 is 0.947 bits per heavy atom. The van der Waals surface area contributed by atoms with Gasteiger partial charge in [0.25, 0.3) is 0 Å². The van der Waals surface area contributed by atoms with Crippen LogP contribution in [0.15, 0.2) is 0 Å². The number of carbonyl (C=O) groups is 2. The van der Waals surface area contributed by atoms with E-state index >= 15 is 0 Å². The minimum absolute atomic E-state index is 0.00711. The van der Waals surface area contributed by atoms with Crippen LogP contribution in [0.4, 0.5) is 4.79 Å². The molecule has 0 aliphatic heterocycles. The largest absolute Gasteiger partial charge is 0.465 e. The summed E-state index contributed by atoms with van der Waals surface area (Å²) in [6.07, 6.45) is -1.25. The Morgan fingerprint density at radius 3 is 2.11 bits per heavy atom. The molecule has 112 valence electrons. The van der Waals surface area contributed by atoms with E-state index in [1.807, 2.05) is 5.32 Å². The Morgan fingerprint density at radius 2 is 1.53 bits per heavy atom. The molecular weight excluding hydrogens is 258 g/mol. The number of carbonyl (C=O) groups excluding carboxylic acids is 1. The van der Waals surface area contributed by atoms with Crippen LogP contribution in [0.25, 0.3) is 0 Å². The second-order valence-electron chi connectivity index (χ2n) is 3.32. The highest BCUT2D eigenvalue weighted by Crippen LogP contribution is 1.80. The highest BCUT2D eigenvalue weighted by Gasteiger charge is 2.01. The number of ether oxygens (including phenoxy) is 3. The smallest absolute Gasteiger partial charge is 0.405 e. The van der Waals surface area contributed by atoms with Gasteiger partial charge in [-0.25, -0.2) is 4.79 Å². The molecule has 5 N–H and O–H groups in total. The standard InChI is InChI=1S/C10H21N3O6/c11-1-2-17-3-4-18-5-6-19-8-13-9(14)7-12-10(15)16/h12H,1-8,11H2,(H,13,14)(H,15,16). The van der Waals surface area contributed by atoms with Crippen LogP contribution in [0.2, 0.25) is 0 Å². The second kappa shape index (κ2) is 13.0. The van der Waals surface area contributed by atoms with E-state index < -0.39 is 12.0 Å². The molecule has 0 fully saturated rings. The highest BCUT2D eigenvalue weighted by molar-refractivity contribution is 5.81. The molecule has 0 aliphatic rings. The van der Waals surface area contributed by atoms with Gasteiger partial charge in [0.15, 0.2) is 0 Å². The van der Waals surface area contributed by atoms with Crippen molar-refractivity contribution >= 4 is 12.0 Å². The van der Waals surface area contributed by atoms with Gasteiger partial charge in [0.05, 0.1) is 33.0 Å². The number of rotatable bonds is 12. The first-order valence-corrected chi connectivity index (χ1v) is 5.83. The number of amides is 2. The van der Waals surface area contributed by atoms with Crippen LogP contribution in [0, 0.1) is 0 Å². The van der Waals surface area contributed by atoms with Crippen LogP contribution in [0.3, 0.4) is 0 Å². The van der Waals surface area contributed by atoms with Crippen LogP contribution in [0.1, 0.15) is 0 Å². The van der Waals surface area contributed by atoms with Gasteiger partial charge < -0.3 is 35.7 Å². The normalized spacial score (nSPS) is 10.2. The van der Waals surface area contributed by atoms with Crippen molar-refractivity contribution in [1.82, 2.24) is 10.6 Å². The summed E-state index contributed by atoms with van der Waals surface area (Å²) in [5.41, 5.74) is 5.23. The fourth-order valence-electron chi connectivity index (χ4n) is 0.945. The summed E-state index contributed by atoms with van der Waals surface area (Å²) in [4.78, 5) is 21.1. The summed E-state index contributed by atoms with van der Waals surface area (Å²) in [6, 6.07) is 0. The molecule has 0 radical (unpaired) electrons. The first-order chi connectivity index (χ1) is 9.16. The van der Waals surface area contributed by atoms with Gasteiger partial charge in [-0.05, 0) is 0 Å². The van der Waals surface area contributed by atoms with Crippen molar-refractivity contribution in [3.05, 3.63) is 0 Å². The molecule has 0 aromatic carbocycles. The number of nitrogens with one attached hydrogen (secondary N) is 2. The van der Waals surface area contributed by atoms with E-state index in [-0.39, 0.29) is 13.3 Å². The van der Waals surface area contributed by atoms with Gasteiger partial charge in [-0.15, -0.1) is 0 Å². The van der Waals surface area contributed by atoms with E-state index in [1.54, 1.807) is 0 Å². The third-order valence-corrected chi connectivity index (χ3v) is 1.78. The fraction of sp³-hybridized carbons (Fsp3) is 0.800. The Hall–Kier alpha value is -1.42. The van der Waals surface area contributed by atoms with Crippen LogP contribution < -0.4 is 16.4 Å². The van der Waals surface area contributed by atoms with E-state index in [1.165, 1.54) is 0 Å². The minimum Gasteiger partial charge on any atom is -0.465 e. The third-order valence-electron chi connectivity index (χ3n) is 1.78. The molecule has 0 atom stereocenters. The topological polar surface area (TPSA) is 132 Å². The maximum Gasteiger partial charge on any atom is 0.405 e. The van der Waals surface area contributed by atoms with Crippen LogP contribution >= 0.6 is 0 Å². The Balaban J connectivity index is 3.13. The lowest BCUT2D eigenvalue weighted by molar-refractivity contribution is -0.122. The van der Waals surface area contributed by atoms with Gasteiger partial charge in [0, 0.05) is 6.54 Å². The fourth-order valence-corrected chi connectivity index (χ4v) is 0.945. The van der Waals surface area contributed by atoms with Crippen molar-refractivity contribution in [3.8, 4) is 0 Å². The first kappa shape index (κ1) is 17.6. The minimum atomic E-state index is -1.25. The maximum absolute atomic E-state index is 11.0. The molecule has 0 aromatic heterocycles. The molecule has 0 unspecified atom stereocenters. The third kappa shape index (κ3) is 14.5. The SMILES string of the molecule is NCCOCCOCCOCNC(=O)CNC(=O)O. The summed E-state index contributed by atoms with van der Waals surface area (Å²) in [5.74, 6) is -0.460. The van der Waals surface area contributed by atoms with Crippen molar-refractivity contribution in [2.24, 2.45) is 5.73 Å². The zero-order chi connectivity index (χ0) is 14.3. The molecular formula is C10H21N3O6. The second-order valence-corrected chi connectivity index (χ2v) is 3.32. The van der Waals surface area contributed by atoms with E-state index in [2.05, 4.69) is 5.32 Å². The zero-order valence-corrected chi connectivity index (χ0v) is 10.7. The van der Waals surface area contributed by atoms with Gasteiger partial charge in [-0.3, -0.25) is 4.79 Å². The van der Waals surface area contributed by atoms with Crippen LogP contribution in [0.5, 0.6) is 0 Å². The van der Waals surface area contributed by atoms with Gasteiger partial charge in [0.1, 0.15) is 13.3 Å². The average Bonchev–Trinajstić information content (AvgIpc) is 2.38. The molecule has 0 heterocycles. The van der Waals surface area contributed by atoms with Crippen molar-refractivity contribution < 1.29 is 28.9 Å². The van der Waals surface area contributed by atoms with E-state index in [0.29, 0.717) is 39.6 Å². The first-order valence-electron chi connectivity index (χ1n) is 5.83. The molecule has 0 spiro atoms. The summed E-state index contributed by atoms with van der Waals surface area (Å²) < 4.78 is 15.3. The number of hydrogen-bond acceptors (Lipinski definition) is 6. The lowest BCUT2D eigenvalue weighted by atomic mass is 10.6. The summed E-state index contributed by atoms with van der Waals surface area (Å²) in [5, 5.41) is 12.6. The Labute approximate surface area is 111 Å². The number of carboxylic acid groups (broad SMARTS) is 1. The molecule has 0 saturated heterocycles. The molecule has 0 aliphatic carbocycles. The van der Waals surface area contributed by atoms with E-state index in [4.69, 9.17) is 25.1 Å². The summed E-state index contributed by atoms with van der Waals surface area (Å²) >= 11 is 0. The molecule has 9 nitrogen and oxygen atoms in total. The van der Waals surface area contributed by atoms with Gasteiger partial charge in [-0.1, -0.05) is 0 Å². The Kier molecular flexibility index (Phi) is 12.0. The predicted octanol–water partition coefficient (Wildman–Crippen LogP) is -1.66. The predicted molar refractivity (Wildman–Crippen MR) is 65.7 cm³/mol. The van der Waals surface area contributed by atoms with Gasteiger partial charge in [-0.2, -0.15) is 0 Å². The molecule has 0 saturated carbocycles. The highest BCUT2D eigenvalue weighted by atomic mass is 16.5. The maximum atomic E-state index is 11.0. The monoisotopic (exact) mass is 279 g/mol.